The predicted octanol–water partition coefficient (Wildman–Crippen LogP) is 2.72. The highest BCUT2D eigenvalue weighted by Crippen LogP contribution is 2.44. The lowest BCUT2D eigenvalue weighted by molar-refractivity contribution is 0.410. The minimum absolute atomic E-state index is 0.203. The summed E-state index contributed by atoms with van der Waals surface area (Å²) < 4.78 is 18.5. The molecule has 0 aliphatic heterocycles. The first-order valence-electron chi connectivity index (χ1n) is 5.59. The molecule has 1 N–H and O–H groups in total. The summed E-state index contributed by atoms with van der Waals surface area (Å²) in [6.45, 7) is 5.02. The predicted molar refractivity (Wildman–Crippen MR) is 62.0 cm³/mol. The molecule has 0 amide bonds. The number of benzene rings is 1. The van der Waals surface area contributed by atoms with Crippen LogP contribution in [0.25, 0.3) is 0 Å². The molecule has 1 atom stereocenters. The van der Waals surface area contributed by atoms with Gasteiger partial charge in [-0.15, -0.1) is 0 Å². The van der Waals surface area contributed by atoms with Gasteiger partial charge >= 0.3 is 0 Å². The van der Waals surface area contributed by atoms with E-state index in [0.29, 0.717) is 29.3 Å². The van der Waals surface area contributed by atoms with Crippen molar-refractivity contribution in [2.75, 3.05) is 7.11 Å². The highest BCUT2D eigenvalue weighted by molar-refractivity contribution is 5.29. The van der Waals surface area contributed by atoms with Crippen LogP contribution >= 0.6 is 0 Å². The zero-order chi connectivity index (χ0) is 11.8. The van der Waals surface area contributed by atoms with Gasteiger partial charge in [-0.2, -0.15) is 0 Å². The number of ether oxygens (including phenoxy) is 1. The first-order valence-corrected chi connectivity index (χ1v) is 5.59. The van der Waals surface area contributed by atoms with Crippen molar-refractivity contribution in [1.82, 2.24) is 5.32 Å². The first-order chi connectivity index (χ1) is 7.53. The number of hydrogen-bond donors (Lipinski definition) is 1. The van der Waals surface area contributed by atoms with E-state index in [1.54, 1.807) is 19.2 Å². The van der Waals surface area contributed by atoms with E-state index in [-0.39, 0.29) is 5.82 Å². The molecule has 0 heterocycles. The molecule has 1 saturated carbocycles. The Hall–Kier alpha value is -1.09. The molecule has 0 bridgehead atoms. The fourth-order valence-corrected chi connectivity index (χ4v) is 1.85. The van der Waals surface area contributed by atoms with Crippen LogP contribution in [0.4, 0.5) is 4.39 Å². The third-order valence-corrected chi connectivity index (χ3v) is 3.31. The van der Waals surface area contributed by atoms with Crippen molar-refractivity contribution in [3.05, 3.63) is 29.6 Å². The minimum Gasteiger partial charge on any atom is -0.497 e. The van der Waals surface area contributed by atoms with Gasteiger partial charge in [0.25, 0.3) is 0 Å². The van der Waals surface area contributed by atoms with E-state index >= 15 is 0 Å². The minimum atomic E-state index is -0.203. The second-order valence-electron chi connectivity index (χ2n) is 5.08. The van der Waals surface area contributed by atoms with Gasteiger partial charge in [0.1, 0.15) is 11.6 Å². The number of methoxy groups -OCH3 is 1. The van der Waals surface area contributed by atoms with Gasteiger partial charge in [-0.1, -0.05) is 19.9 Å². The van der Waals surface area contributed by atoms with Crippen molar-refractivity contribution in [3.63, 3.8) is 0 Å². The van der Waals surface area contributed by atoms with Crippen LogP contribution in [-0.2, 0) is 6.54 Å². The molecule has 1 aromatic carbocycles. The van der Waals surface area contributed by atoms with E-state index in [1.165, 1.54) is 12.5 Å². The number of halogens is 1. The van der Waals surface area contributed by atoms with Crippen LogP contribution in [0.5, 0.6) is 5.75 Å². The second-order valence-corrected chi connectivity index (χ2v) is 5.08. The molecule has 1 unspecified atom stereocenters. The molecule has 88 valence electrons. The van der Waals surface area contributed by atoms with Crippen molar-refractivity contribution >= 4 is 0 Å². The van der Waals surface area contributed by atoms with Gasteiger partial charge in [0.2, 0.25) is 0 Å². The van der Waals surface area contributed by atoms with Crippen LogP contribution in [0.2, 0.25) is 0 Å². The standard InChI is InChI=1S/C13H18FNO/c1-13(2)7-12(13)15-8-9-4-5-10(16-3)6-11(9)14/h4-6,12,15H,7-8H2,1-3H3. The maximum Gasteiger partial charge on any atom is 0.131 e. The Labute approximate surface area is 95.8 Å². The maximum absolute atomic E-state index is 13.6. The van der Waals surface area contributed by atoms with E-state index < -0.39 is 0 Å². The molecule has 2 rings (SSSR count). The Morgan fingerprint density at radius 3 is 2.69 bits per heavy atom. The number of hydrogen-bond acceptors (Lipinski definition) is 2. The van der Waals surface area contributed by atoms with Gasteiger partial charge in [0, 0.05) is 24.2 Å². The topological polar surface area (TPSA) is 21.3 Å². The van der Waals surface area contributed by atoms with Crippen molar-refractivity contribution in [3.8, 4) is 5.75 Å². The molecule has 2 nitrogen and oxygen atoms in total. The van der Waals surface area contributed by atoms with Gasteiger partial charge in [-0.3, -0.25) is 0 Å². The van der Waals surface area contributed by atoms with Crippen molar-refractivity contribution < 1.29 is 9.13 Å². The average Bonchev–Trinajstić information content (AvgIpc) is 2.84. The molecule has 0 radical (unpaired) electrons. The second kappa shape index (κ2) is 4.06. The molecule has 16 heavy (non-hydrogen) atoms. The monoisotopic (exact) mass is 223 g/mol. The molecular weight excluding hydrogens is 205 g/mol. The smallest absolute Gasteiger partial charge is 0.131 e. The molecule has 1 aromatic rings. The molecule has 1 aliphatic rings. The van der Waals surface area contributed by atoms with E-state index in [0.717, 1.165) is 0 Å². The maximum atomic E-state index is 13.6. The van der Waals surface area contributed by atoms with E-state index in [4.69, 9.17) is 4.74 Å². The molecule has 3 heteroatoms. The Morgan fingerprint density at radius 1 is 1.50 bits per heavy atom. The van der Waals surface area contributed by atoms with Crippen molar-refractivity contribution in [1.29, 1.82) is 0 Å². The number of rotatable bonds is 4. The van der Waals surface area contributed by atoms with Gasteiger partial charge in [-0.25, -0.2) is 4.39 Å². The van der Waals surface area contributed by atoms with Crippen LogP contribution in [0.15, 0.2) is 18.2 Å². The lowest BCUT2D eigenvalue weighted by atomic mass is 10.1. The van der Waals surface area contributed by atoms with Crippen molar-refractivity contribution in [2.45, 2.75) is 32.9 Å². The quantitative estimate of drug-likeness (QED) is 0.847. The van der Waals surface area contributed by atoms with Crippen LogP contribution < -0.4 is 10.1 Å². The lowest BCUT2D eigenvalue weighted by Crippen LogP contribution is -2.20. The summed E-state index contributed by atoms with van der Waals surface area (Å²) in [6, 6.07) is 5.51. The summed E-state index contributed by atoms with van der Waals surface area (Å²) in [6.07, 6.45) is 1.17. The number of nitrogens with one attached hydrogen (secondary N) is 1. The van der Waals surface area contributed by atoms with Crippen LogP contribution in [-0.4, -0.2) is 13.2 Å². The zero-order valence-electron chi connectivity index (χ0n) is 10.0. The summed E-state index contributed by atoms with van der Waals surface area (Å²) in [7, 11) is 1.54. The van der Waals surface area contributed by atoms with Gasteiger partial charge in [-0.05, 0) is 17.9 Å². The van der Waals surface area contributed by atoms with E-state index in [9.17, 15) is 4.39 Å². The summed E-state index contributed by atoms with van der Waals surface area (Å²) >= 11 is 0. The SMILES string of the molecule is COc1ccc(CNC2CC2(C)C)c(F)c1. The highest BCUT2D eigenvalue weighted by atomic mass is 19.1. The zero-order valence-corrected chi connectivity index (χ0v) is 10.0. The molecule has 1 aliphatic carbocycles. The Bertz CT molecular complexity index is 390. The Morgan fingerprint density at radius 2 is 2.19 bits per heavy atom. The largest absolute Gasteiger partial charge is 0.497 e. The van der Waals surface area contributed by atoms with Gasteiger partial charge in [0.05, 0.1) is 7.11 Å². The van der Waals surface area contributed by atoms with Gasteiger partial charge in [0.15, 0.2) is 0 Å². The Kier molecular flexibility index (Phi) is 2.89. The molecular formula is C13H18FNO. The third-order valence-electron chi connectivity index (χ3n) is 3.31. The van der Waals surface area contributed by atoms with Crippen LogP contribution in [0, 0.1) is 11.2 Å². The fraction of sp³-hybridized carbons (Fsp3) is 0.538. The summed E-state index contributed by atoms with van der Waals surface area (Å²) in [5, 5.41) is 3.36. The molecule has 0 spiro atoms. The highest BCUT2D eigenvalue weighted by Gasteiger charge is 2.45. The first kappa shape index (κ1) is 11.4. The average molecular weight is 223 g/mol. The summed E-state index contributed by atoms with van der Waals surface area (Å²) in [5.74, 6) is 0.360. The normalized spacial score (nSPS) is 21.9. The molecule has 0 aromatic heterocycles. The summed E-state index contributed by atoms with van der Waals surface area (Å²) in [4.78, 5) is 0. The van der Waals surface area contributed by atoms with Crippen molar-refractivity contribution in [2.24, 2.45) is 5.41 Å². The van der Waals surface area contributed by atoms with Crippen LogP contribution in [0.3, 0.4) is 0 Å². The summed E-state index contributed by atoms with van der Waals surface area (Å²) in [5.41, 5.74) is 1.08. The van der Waals surface area contributed by atoms with E-state index in [1.807, 2.05) is 0 Å². The fourth-order valence-electron chi connectivity index (χ4n) is 1.85. The molecule has 1 fully saturated rings. The third kappa shape index (κ3) is 2.35. The van der Waals surface area contributed by atoms with Gasteiger partial charge < -0.3 is 10.1 Å². The van der Waals surface area contributed by atoms with Crippen LogP contribution in [0.1, 0.15) is 25.8 Å². The lowest BCUT2D eigenvalue weighted by Gasteiger charge is -2.08. The molecule has 0 saturated heterocycles. The Balaban J connectivity index is 1.95. The van der Waals surface area contributed by atoms with E-state index in [2.05, 4.69) is 19.2 Å².